The Balaban J connectivity index is 2.17. The maximum absolute atomic E-state index is 11.0. The lowest BCUT2D eigenvalue weighted by molar-refractivity contribution is -0.137. The minimum Gasteiger partial charge on any atom is -0.481 e. The summed E-state index contributed by atoms with van der Waals surface area (Å²) in [6.07, 6.45) is 6.75. The van der Waals surface area contributed by atoms with Gasteiger partial charge in [-0.25, -0.2) is 4.52 Å². The van der Waals surface area contributed by atoms with E-state index in [1.807, 2.05) is 22.7 Å². The normalized spacial score (nSPS) is 11.5. The lowest BCUT2D eigenvalue weighted by Crippen LogP contribution is -2.24. The first kappa shape index (κ1) is 23.4. The molecule has 0 radical (unpaired) electrons. The van der Waals surface area contributed by atoms with Crippen molar-refractivity contribution in [2.45, 2.75) is 45.6 Å². The molecule has 2 N–H and O–H groups in total. The van der Waals surface area contributed by atoms with Gasteiger partial charge in [-0.2, -0.15) is 5.10 Å². The number of carbonyl (C=O) groups is 1. The van der Waals surface area contributed by atoms with Crippen molar-refractivity contribution in [3.8, 4) is 11.1 Å². The van der Waals surface area contributed by atoms with Gasteiger partial charge in [0.15, 0.2) is 0 Å². The first-order valence-corrected chi connectivity index (χ1v) is 11.4. The maximum Gasteiger partial charge on any atom is 0.303 e. The van der Waals surface area contributed by atoms with Gasteiger partial charge >= 0.3 is 5.97 Å². The molecule has 0 saturated heterocycles. The van der Waals surface area contributed by atoms with Gasteiger partial charge in [-0.15, -0.1) is 0 Å². The fraction of sp³-hybridized carbons (Fsp3) is 0.435. The first-order valence-electron chi connectivity index (χ1n) is 10.6. The summed E-state index contributed by atoms with van der Waals surface area (Å²) in [6, 6.07) is 6.26. The maximum atomic E-state index is 11.0. The average Bonchev–Trinajstić information content (AvgIpc) is 3.13. The summed E-state index contributed by atoms with van der Waals surface area (Å²) < 4.78 is 2.91. The Morgan fingerprint density at radius 3 is 2.74 bits per heavy atom. The van der Waals surface area contributed by atoms with E-state index in [0.717, 1.165) is 57.3 Å². The van der Waals surface area contributed by atoms with Crippen LogP contribution in [-0.2, 0) is 24.2 Å². The molecule has 3 aromatic rings. The summed E-state index contributed by atoms with van der Waals surface area (Å²) in [5, 5.41) is 23.4. The van der Waals surface area contributed by atoms with Crippen molar-refractivity contribution in [2.75, 3.05) is 20.2 Å². The predicted molar refractivity (Wildman–Crippen MR) is 124 cm³/mol. The number of aliphatic carboxylic acids is 1. The van der Waals surface area contributed by atoms with Crippen LogP contribution in [0.15, 0.2) is 35.1 Å². The van der Waals surface area contributed by atoms with Crippen LogP contribution in [0, 0.1) is 0 Å². The molecule has 166 valence electrons. The minimum absolute atomic E-state index is 0.0822. The molecule has 0 spiro atoms. The molecule has 7 nitrogen and oxygen atoms in total. The molecule has 0 aliphatic rings. The number of pyridine rings is 1. The molecule has 8 heteroatoms. The van der Waals surface area contributed by atoms with Crippen LogP contribution in [0.2, 0.25) is 0 Å². The molecular formula is C23H29BrN4O3. The van der Waals surface area contributed by atoms with Crippen LogP contribution in [0.1, 0.15) is 43.1 Å². The number of aromatic nitrogens is 3. The zero-order valence-electron chi connectivity index (χ0n) is 18.0. The van der Waals surface area contributed by atoms with Gasteiger partial charge < -0.3 is 10.2 Å². The number of carboxylic acid groups (broad SMARTS) is 1. The highest BCUT2D eigenvalue weighted by molar-refractivity contribution is 9.10. The number of carboxylic acids is 1. The zero-order valence-corrected chi connectivity index (χ0v) is 19.6. The smallest absolute Gasteiger partial charge is 0.303 e. The number of hydrogen-bond donors (Lipinski definition) is 2. The average molecular weight is 489 g/mol. The molecule has 0 bridgehead atoms. The number of nitrogens with zero attached hydrogens (tertiary/aromatic N) is 4. The summed E-state index contributed by atoms with van der Waals surface area (Å²) in [6.45, 7) is 3.35. The van der Waals surface area contributed by atoms with Crippen LogP contribution in [0.4, 0.5) is 0 Å². The van der Waals surface area contributed by atoms with Crippen molar-refractivity contribution in [1.82, 2.24) is 19.5 Å². The molecule has 0 aliphatic heterocycles. The van der Waals surface area contributed by atoms with E-state index in [2.05, 4.69) is 46.0 Å². The van der Waals surface area contributed by atoms with Crippen LogP contribution in [0.3, 0.4) is 0 Å². The summed E-state index contributed by atoms with van der Waals surface area (Å²) in [5.41, 5.74) is 6.30. The highest BCUT2D eigenvalue weighted by atomic mass is 79.9. The Hall–Kier alpha value is -2.29. The lowest BCUT2D eigenvalue weighted by Gasteiger charge is -2.21. The van der Waals surface area contributed by atoms with E-state index >= 15 is 0 Å². The molecule has 3 aromatic heterocycles. The molecule has 0 saturated carbocycles. The van der Waals surface area contributed by atoms with Gasteiger partial charge in [0.05, 0.1) is 17.8 Å². The Labute approximate surface area is 190 Å². The van der Waals surface area contributed by atoms with Crippen LogP contribution in [-0.4, -0.2) is 55.9 Å². The highest BCUT2D eigenvalue weighted by Crippen LogP contribution is 2.34. The summed E-state index contributed by atoms with van der Waals surface area (Å²) >= 11 is 3.54. The minimum atomic E-state index is -0.771. The summed E-state index contributed by atoms with van der Waals surface area (Å²) in [5.74, 6) is -0.771. The van der Waals surface area contributed by atoms with Crippen LogP contribution < -0.4 is 0 Å². The third-order valence-corrected chi connectivity index (χ3v) is 5.82. The molecule has 0 aliphatic carbocycles. The molecule has 0 unspecified atom stereocenters. The van der Waals surface area contributed by atoms with Gasteiger partial charge in [0, 0.05) is 53.2 Å². The second kappa shape index (κ2) is 10.8. The monoisotopic (exact) mass is 488 g/mol. The van der Waals surface area contributed by atoms with E-state index < -0.39 is 5.97 Å². The second-order valence-electron chi connectivity index (χ2n) is 7.73. The summed E-state index contributed by atoms with van der Waals surface area (Å²) in [7, 11) is 1.97. The Morgan fingerprint density at radius 1 is 1.26 bits per heavy atom. The van der Waals surface area contributed by atoms with Gasteiger partial charge in [0.2, 0.25) is 0 Å². The van der Waals surface area contributed by atoms with E-state index in [-0.39, 0.29) is 13.0 Å². The van der Waals surface area contributed by atoms with Crippen molar-refractivity contribution < 1.29 is 15.0 Å². The molecule has 3 heterocycles. The Bertz CT molecular complexity index is 1050. The number of fused-ring (bicyclic) bond motifs is 1. The van der Waals surface area contributed by atoms with E-state index in [1.54, 1.807) is 6.20 Å². The van der Waals surface area contributed by atoms with Gasteiger partial charge in [-0.1, -0.05) is 6.92 Å². The fourth-order valence-electron chi connectivity index (χ4n) is 3.88. The third kappa shape index (κ3) is 5.70. The fourth-order valence-corrected chi connectivity index (χ4v) is 4.24. The highest BCUT2D eigenvalue weighted by Gasteiger charge is 2.20. The summed E-state index contributed by atoms with van der Waals surface area (Å²) in [4.78, 5) is 17.4. The topological polar surface area (TPSA) is 91.0 Å². The number of hydrogen-bond acceptors (Lipinski definition) is 5. The van der Waals surface area contributed by atoms with E-state index in [0.29, 0.717) is 19.5 Å². The standard InChI is InChI=1S/C23H29BrN4O3/c1-3-18-8-9-21-23(16-12-17(24)14-25-13-16)19(6-4-5-7-22(30)31)20(26-28(18)21)15-27(2)10-11-29/h8-9,12-14,29H,3-7,10-11,15H2,1-2H3,(H,30,31). The van der Waals surface area contributed by atoms with Crippen LogP contribution in [0.5, 0.6) is 0 Å². The molecule has 3 rings (SSSR count). The Morgan fingerprint density at radius 2 is 2.06 bits per heavy atom. The first-order chi connectivity index (χ1) is 14.9. The van der Waals surface area contributed by atoms with E-state index in [4.69, 9.17) is 10.2 Å². The molecule has 31 heavy (non-hydrogen) atoms. The van der Waals surface area contributed by atoms with Gasteiger partial charge in [0.1, 0.15) is 0 Å². The van der Waals surface area contributed by atoms with Crippen molar-refractivity contribution in [1.29, 1.82) is 0 Å². The quantitative estimate of drug-likeness (QED) is 0.397. The number of aliphatic hydroxyl groups is 1. The lowest BCUT2D eigenvalue weighted by atomic mass is 9.95. The number of aryl methyl sites for hydroxylation is 1. The zero-order chi connectivity index (χ0) is 22.4. The van der Waals surface area contributed by atoms with Crippen molar-refractivity contribution in [3.63, 3.8) is 0 Å². The van der Waals surface area contributed by atoms with Crippen molar-refractivity contribution in [2.24, 2.45) is 0 Å². The molecule has 0 aromatic carbocycles. The van der Waals surface area contributed by atoms with Gasteiger partial charge in [0.25, 0.3) is 0 Å². The molecular weight excluding hydrogens is 460 g/mol. The van der Waals surface area contributed by atoms with Crippen molar-refractivity contribution in [3.05, 3.63) is 52.0 Å². The SMILES string of the molecule is CCc1ccc2c(-c3cncc(Br)c3)c(CCCCC(=O)O)c(CN(C)CCO)nn12. The molecule has 0 amide bonds. The van der Waals surface area contributed by atoms with Gasteiger partial charge in [-0.3, -0.25) is 14.7 Å². The predicted octanol–water partition coefficient (Wildman–Crippen LogP) is 3.94. The Kier molecular flexibility index (Phi) is 8.17. The van der Waals surface area contributed by atoms with E-state index in [9.17, 15) is 9.90 Å². The number of halogens is 1. The van der Waals surface area contributed by atoms with Crippen LogP contribution in [0.25, 0.3) is 16.6 Å². The number of likely N-dealkylation sites (N-methyl/N-ethyl adjacent to an activating group) is 1. The molecule has 0 fully saturated rings. The third-order valence-electron chi connectivity index (χ3n) is 5.39. The largest absolute Gasteiger partial charge is 0.481 e. The van der Waals surface area contributed by atoms with Crippen LogP contribution >= 0.6 is 15.9 Å². The molecule has 0 atom stereocenters. The number of rotatable bonds is 11. The number of unbranched alkanes of at least 4 members (excludes halogenated alkanes) is 1. The second-order valence-corrected chi connectivity index (χ2v) is 8.65. The van der Waals surface area contributed by atoms with E-state index in [1.165, 1.54) is 0 Å². The van der Waals surface area contributed by atoms with Crippen molar-refractivity contribution >= 4 is 27.4 Å². The van der Waals surface area contributed by atoms with Gasteiger partial charge in [-0.05, 0) is 72.4 Å². The number of aliphatic hydroxyl groups excluding tert-OH is 1.